The molecule has 2 aliphatic rings. The molecule has 19 heavy (non-hydrogen) atoms. The van der Waals surface area contributed by atoms with Crippen LogP contribution in [-0.4, -0.2) is 0 Å². The van der Waals surface area contributed by atoms with E-state index in [1.54, 1.807) is 0 Å². The van der Waals surface area contributed by atoms with E-state index in [1.807, 2.05) is 26.0 Å². The predicted octanol–water partition coefficient (Wildman–Crippen LogP) is -1.49. The van der Waals surface area contributed by atoms with Crippen LogP contribution in [0.15, 0.2) is 59.8 Å². The summed E-state index contributed by atoms with van der Waals surface area (Å²) in [7, 11) is 0. The van der Waals surface area contributed by atoms with Crippen LogP contribution in [0.3, 0.4) is 0 Å². The molecule has 0 heterocycles. The van der Waals surface area contributed by atoms with Crippen molar-refractivity contribution < 1.29 is 35.3 Å². The zero-order valence-corrected chi connectivity index (χ0v) is 14.9. The van der Waals surface area contributed by atoms with E-state index in [0.717, 1.165) is 12.8 Å². The minimum absolute atomic E-state index is 0. The number of hydrogen-bond acceptors (Lipinski definition) is 0. The molecule has 0 nitrogen and oxygen atoms in total. The smallest absolute Gasteiger partial charge is 1.00 e. The Bertz CT molecular complexity index is 348. The van der Waals surface area contributed by atoms with Crippen molar-refractivity contribution in [2.75, 3.05) is 0 Å². The summed E-state index contributed by atoms with van der Waals surface area (Å²) in [5.74, 6) is 0. The zero-order chi connectivity index (χ0) is 11.6. The Morgan fingerprint density at radius 2 is 1.21 bits per heavy atom. The van der Waals surface area contributed by atoms with E-state index in [4.69, 9.17) is 0 Å². The van der Waals surface area contributed by atoms with Crippen molar-refractivity contribution in [1.29, 1.82) is 0 Å². The molecule has 0 unspecified atom stereocenters. The first-order valence-corrected chi connectivity index (χ1v) is 5.67. The molecule has 0 aliphatic heterocycles. The molecule has 0 aromatic heterocycles. The van der Waals surface area contributed by atoms with Crippen LogP contribution in [0.2, 0.25) is 0 Å². The minimum atomic E-state index is 0. The van der Waals surface area contributed by atoms with Gasteiger partial charge in [-0.3, -0.25) is 0 Å². The zero-order valence-electron chi connectivity index (χ0n) is 11.3. The van der Waals surface area contributed by atoms with Crippen LogP contribution in [0.4, 0.5) is 0 Å². The maximum atomic E-state index is 3.18. The van der Waals surface area contributed by atoms with Crippen molar-refractivity contribution in [2.24, 2.45) is 0 Å². The quantitative estimate of drug-likeness (QED) is 0.373. The number of halogens is 2. The van der Waals surface area contributed by atoms with Crippen LogP contribution < -0.4 is 9.41 Å². The molecule has 100 valence electrons. The fourth-order valence-corrected chi connectivity index (χ4v) is 1.43. The molecule has 0 spiro atoms. The minimum Gasteiger partial charge on any atom is -1.00 e. The second-order valence-corrected chi connectivity index (χ2v) is 3.48. The Balaban J connectivity index is -0.000000233. The van der Waals surface area contributed by atoms with E-state index in [0.29, 0.717) is 0 Å². The monoisotopic (exact) mass is 428 g/mol. The Labute approximate surface area is 133 Å². The van der Waals surface area contributed by atoms with Gasteiger partial charge in [0, 0.05) is 0 Å². The van der Waals surface area contributed by atoms with Gasteiger partial charge in [-0.1, -0.05) is 26.7 Å². The number of allylic oxidation sites excluding steroid dienone is 12. The molecular weight excluding hydrogens is 409 g/mol. The molecular formula is C16H18F2Hf. The van der Waals surface area contributed by atoms with E-state index < -0.39 is 0 Å². The summed E-state index contributed by atoms with van der Waals surface area (Å²) in [6.07, 6.45) is 24.9. The average Bonchev–Trinajstić information content (AvgIpc) is 2.92. The van der Waals surface area contributed by atoms with Crippen molar-refractivity contribution in [2.45, 2.75) is 26.7 Å². The van der Waals surface area contributed by atoms with E-state index in [1.165, 1.54) is 11.1 Å². The maximum Gasteiger partial charge on any atom is 4.00 e. The van der Waals surface area contributed by atoms with Crippen LogP contribution in [-0.2, 0) is 25.8 Å². The normalized spacial score (nSPS) is 15.1. The molecule has 0 aromatic carbocycles. The van der Waals surface area contributed by atoms with Gasteiger partial charge >= 0.3 is 25.8 Å². The maximum absolute atomic E-state index is 3.18. The average molecular weight is 427 g/mol. The van der Waals surface area contributed by atoms with Crippen molar-refractivity contribution in [1.82, 2.24) is 0 Å². The largest absolute Gasteiger partial charge is 4.00 e. The molecule has 0 radical (unpaired) electrons. The first kappa shape index (κ1) is 23.3. The fourth-order valence-electron chi connectivity index (χ4n) is 1.43. The fraction of sp³-hybridized carbons (Fsp3) is 0.250. The van der Waals surface area contributed by atoms with Crippen LogP contribution in [0.25, 0.3) is 0 Å². The van der Waals surface area contributed by atoms with Crippen molar-refractivity contribution in [3.05, 3.63) is 71.9 Å². The van der Waals surface area contributed by atoms with Gasteiger partial charge in [0.05, 0.1) is 0 Å². The second kappa shape index (κ2) is 15.2. The van der Waals surface area contributed by atoms with Gasteiger partial charge < -0.3 is 9.41 Å². The van der Waals surface area contributed by atoms with E-state index in [2.05, 4.69) is 48.6 Å². The number of hydrogen-bond donors (Lipinski definition) is 0. The molecule has 0 N–H and O–H groups in total. The second-order valence-electron chi connectivity index (χ2n) is 3.48. The van der Waals surface area contributed by atoms with Gasteiger partial charge in [0.1, 0.15) is 0 Å². The molecule has 0 bridgehead atoms. The number of rotatable bonds is 2. The van der Waals surface area contributed by atoms with Crippen molar-refractivity contribution in [3.63, 3.8) is 0 Å². The molecule has 2 rings (SSSR count). The van der Waals surface area contributed by atoms with Gasteiger partial charge in [0.2, 0.25) is 0 Å². The van der Waals surface area contributed by atoms with Crippen molar-refractivity contribution in [3.8, 4) is 0 Å². The van der Waals surface area contributed by atoms with Gasteiger partial charge in [-0.05, 0) is 0 Å². The summed E-state index contributed by atoms with van der Waals surface area (Å²) in [4.78, 5) is 0. The van der Waals surface area contributed by atoms with Gasteiger partial charge in [0.15, 0.2) is 0 Å². The molecule has 0 fully saturated rings. The van der Waals surface area contributed by atoms with Crippen LogP contribution in [0.1, 0.15) is 26.7 Å². The first-order valence-electron chi connectivity index (χ1n) is 5.67. The Morgan fingerprint density at radius 3 is 1.42 bits per heavy atom. The summed E-state index contributed by atoms with van der Waals surface area (Å²) >= 11 is 0. The topological polar surface area (TPSA) is 0 Å². The SMILES string of the molecule is CC=CC1=[C-]CC=C1.CC=CC1=[C-]CC=C1.[F-].[F-].[Hf+4]. The summed E-state index contributed by atoms with van der Waals surface area (Å²) in [6.45, 7) is 4.03. The third-order valence-electron chi connectivity index (χ3n) is 2.14. The molecule has 0 amide bonds. The third-order valence-corrected chi connectivity index (χ3v) is 2.14. The summed E-state index contributed by atoms with van der Waals surface area (Å²) < 4.78 is 0. The Hall–Kier alpha value is -0.830. The van der Waals surface area contributed by atoms with Crippen LogP contribution in [0, 0.1) is 12.2 Å². The molecule has 2 aliphatic carbocycles. The third kappa shape index (κ3) is 10.8. The predicted molar refractivity (Wildman–Crippen MR) is 70.7 cm³/mol. The summed E-state index contributed by atoms with van der Waals surface area (Å²) in [5.41, 5.74) is 2.43. The van der Waals surface area contributed by atoms with E-state index in [-0.39, 0.29) is 35.3 Å². The van der Waals surface area contributed by atoms with Crippen molar-refractivity contribution >= 4 is 0 Å². The van der Waals surface area contributed by atoms with Crippen LogP contribution in [0.5, 0.6) is 0 Å². The van der Waals surface area contributed by atoms with Gasteiger partial charge in [0.25, 0.3) is 0 Å². The Kier molecular flexibility index (Phi) is 18.7. The Morgan fingerprint density at radius 1 is 0.842 bits per heavy atom. The first-order chi connectivity index (χ1) is 7.86. The standard InChI is InChI=1S/2C8H9.2FH.Hf/c2*1-2-5-8-6-3-4-7-8;;;/h2*2-3,5-6H,4H2,1H3;2*1H;/q2*-1;;;+4/p-2. The van der Waals surface area contributed by atoms with Gasteiger partial charge in [-0.25, -0.2) is 0 Å². The summed E-state index contributed by atoms with van der Waals surface area (Å²) in [6, 6.07) is 0. The molecule has 0 aromatic rings. The molecule has 0 saturated carbocycles. The van der Waals surface area contributed by atoms with Gasteiger partial charge in [-0.15, -0.1) is 24.3 Å². The molecule has 0 atom stereocenters. The molecule has 0 saturated heterocycles. The van der Waals surface area contributed by atoms with Gasteiger partial charge in [-0.2, -0.15) is 47.6 Å². The molecule has 3 heteroatoms. The van der Waals surface area contributed by atoms with E-state index >= 15 is 0 Å². The summed E-state index contributed by atoms with van der Waals surface area (Å²) in [5, 5.41) is 0. The van der Waals surface area contributed by atoms with Crippen LogP contribution >= 0.6 is 0 Å². The van der Waals surface area contributed by atoms with E-state index in [9.17, 15) is 0 Å².